The van der Waals surface area contributed by atoms with Crippen molar-refractivity contribution in [2.24, 2.45) is 12.0 Å². The Balaban J connectivity index is 2.43. The molecule has 3 N–H and O–H groups in total. The number of aromatic nitrogens is 2. The fourth-order valence-corrected chi connectivity index (χ4v) is 2.46. The normalized spacial score (nSPS) is 12.0. The fourth-order valence-electron chi connectivity index (χ4n) is 2.46. The van der Waals surface area contributed by atoms with Crippen molar-refractivity contribution in [1.82, 2.24) is 25.7 Å². The third kappa shape index (κ3) is 7.76. The number of aryl methyl sites for hydroxylation is 2. The van der Waals surface area contributed by atoms with Crippen molar-refractivity contribution in [1.29, 1.82) is 0 Å². The number of rotatable bonds is 7. The van der Waals surface area contributed by atoms with Crippen LogP contribution in [-0.4, -0.2) is 53.6 Å². The van der Waals surface area contributed by atoms with Crippen LogP contribution in [0.5, 0.6) is 0 Å². The van der Waals surface area contributed by atoms with Crippen LogP contribution in [0, 0.1) is 13.8 Å². The number of carbonyl (C=O) groups excluding carboxylic acids is 1. The second kappa shape index (κ2) is 10.0. The number of guanidine groups is 1. The van der Waals surface area contributed by atoms with E-state index in [0.717, 1.165) is 24.6 Å². The monoisotopic (exact) mass is 366 g/mol. The zero-order valence-corrected chi connectivity index (χ0v) is 17.2. The highest BCUT2D eigenvalue weighted by Crippen LogP contribution is 2.12. The molecule has 0 saturated carbocycles. The lowest BCUT2D eigenvalue weighted by molar-refractivity contribution is 0.0529. The summed E-state index contributed by atoms with van der Waals surface area (Å²) in [5.41, 5.74) is 2.99. The number of nitrogens with one attached hydrogen (secondary N) is 3. The van der Waals surface area contributed by atoms with E-state index in [4.69, 9.17) is 4.74 Å². The second-order valence-electron chi connectivity index (χ2n) is 7.14. The first-order valence-electron chi connectivity index (χ1n) is 9.12. The van der Waals surface area contributed by atoms with Gasteiger partial charge in [0.1, 0.15) is 5.60 Å². The van der Waals surface area contributed by atoms with Gasteiger partial charge in [-0.05, 0) is 53.5 Å². The highest BCUT2D eigenvalue weighted by molar-refractivity contribution is 5.79. The number of aliphatic imine (C=N–C) groups is 1. The third-order valence-electron chi connectivity index (χ3n) is 3.72. The maximum absolute atomic E-state index is 11.6. The van der Waals surface area contributed by atoms with E-state index in [9.17, 15) is 4.79 Å². The SMILES string of the molecule is CCNC(=NCCc1c(C)nn(C)c1C)NCCNC(=O)OC(C)(C)C. The molecule has 0 fully saturated rings. The first-order chi connectivity index (χ1) is 12.1. The first kappa shape index (κ1) is 21.8. The molecule has 1 rings (SSSR count). The molecule has 0 saturated heterocycles. The van der Waals surface area contributed by atoms with E-state index in [1.165, 1.54) is 11.3 Å². The van der Waals surface area contributed by atoms with Crippen LogP contribution in [0.3, 0.4) is 0 Å². The van der Waals surface area contributed by atoms with Crippen molar-refractivity contribution in [3.8, 4) is 0 Å². The van der Waals surface area contributed by atoms with E-state index >= 15 is 0 Å². The largest absolute Gasteiger partial charge is 0.444 e. The Morgan fingerprint density at radius 3 is 2.38 bits per heavy atom. The lowest BCUT2D eigenvalue weighted by Crippen LogP contribution is -2.42. The van der Waals surface area contributed by atoms with Crippen LogP contribution in [0.4, 0.5) is 4.79 Å². The third-order valence-corrected chi connectivity index (χ3v) is 3.72. The Labute approximate surface area is 156 Å². The van der Waals surface area contributed by atoms with Gasteiger partial charge in [0.2, 0.25) is 0 Å². The maximum atomic E-state index is 11.6. The lowest BCUT2D eigenvalue weighted by Gasteiger charge is -2.19. The van der Waals surface area contributed by atoms with Crippen LogP contribution in [-0.2, 0) is 18.2 Å². The minimum Gasteiger partial charge on any atom is -0.444 e. The molecule has 0 radical (unpaired) electrons. The number of nitrogens with zero attached hydrogens (tertiary/aromatic N) is 3. The zero-order chi connectivity index (χ0) is 19.7. The minimum atomic E-state index is -0.490. The molecular weight excluding hydrogens is 332 g/mol. The van der Waals surface area contributed by atoms with Crippen LogP contribution in [0.1, 0.15) is 44.6 Å². The van der Waals surface area contributed by atoms with E-state index < -0.39 is 11.7 Å². The van der Waals surface area contributed by atoms with Gasteiger partial charge in [0.25, 0.3) is 0 Å². The van der Waals surface area contributed by atoms with Gasteiger partial charge in [-0.25, -0.2) is 4.79 Å². The van der Waals surface area contributed by atoms with E-state index in [-0.39, 0.29) is 0 Å². The molecule has 0 atom stereocenters. The lowest BCUT2D eigenvalue weighted by atomic mass is 10.1. The summed E-state index contributed by atoms with van der Waals surface area (Å²) in [6, 6.07) is 0. The molecule has 0 aromatic carbocycles. The topological polar surface area (TPSA) is 92.6 Å². The molecule has 0 aliphatic rings. The summed E-state index contributed by atoms with van der Waals surface area (Å²) in [5, 5.41) is 13.6. The Morgan fingerprint density at radius 1 is 1.19 bits per heavy atom. The number of ether oxygens (including phenoxy) is 1. The molecule has 1 amide bonds. The van der Waals surface area contributed by atoms with E-state index in [2.05, 4.69) is 33.0 Å². The molecule has 8 heteroatoms. The van der Waals surface area contributed by atoms with Gasteiger partial charge in [-0.3, -0.25) is 9.67 Å². The summed E-state index contributed by atoms with van der Waals surface area (Å²) in [5.74, 6) is 0.734. The molecule has 8 nitrogen and oxygen atoms in total. The summed E-state index contributed by atoms with van der Waals surface area (Å²) < 4.78 is 7.10. The fraction of sp³-hybridized carbons (Fsp3) is 0.722. The van der Waals surface area contributed by atoms with Gasteiger partial charge >= 0.3 is 6.09 Å². The summed E-state index contributed by atoms with van der Waals surface area (Å²) in [6.45, 7) is 14.1. The molecule has 26 heavy (non-hydrogen) atoms. The molecular formula is C18H34N6O2. The van der Waals surface area contributed by atoms with E-state index in [1.54, 1.807) is 0 Å². The molecule has 0 aliphatic carbocycles. The standard InChI is InChI=1S/C18H34N6O2/c1-8-19-16(21-11-12-22-17(25)26-18(4,5)6)20-10-9-15-13(2)23-24(7)14(15)3/h8-12H2,1-7H3,(H,22,25)(H2,19,20,21). The van der Waals surface area contributed by atoms with Gasteiger partial charge in [-0.2, -0.15) is 5.10 Å². The maximum Gasteiger partial charge on any atom is 0.407 e. The van der Waals surface area contributed by atoms with Crippen molar-refractivity contribution in [2.75, 3.05) is 26.2 Å². The molecule has 1 aromatic rings. The van der Waals surface area contributed by atoms with Crippen LogP contribution in [0.15, 0.2) is 4.99 Å². The van der Waals surface area contributed by atoms with E-state index in [0.29, 0.717) is 19.6 Å². The molecule has 0 bridgehead atoms. The predicted octanol–water partition coefficient (Wildman–Crippen LogP) is 1.66. The molecule has 0 unspecified atom stereocenters. The van der Waals surface area contributed by atoms with Crippen LogP contribution in [0.2, 0.25) is 0 Å². The van der Waals surface area contributed by atoms with Crippen molar-refractivity contribution in [3.05, 3.63) is 17.0 Å². The average molecular weight is 367 g/mol. The highest BCUT2D eigenvalue weighted by atomic mass is 16.6. The first-order valence-corrected chi connectivity index (χ1v) is 9.12. The molecule has 148 valence electrons. The number of hydrogen-bond acceptors (Lipinski definition) is 4. The number of hydrogen-bond donors (Lipinski definition) is 3. The van der Waals surface area contributed by atoms with Gasteiger partial charge < -0.3 is 20.7 Å². The summed E-state index contributed by atoms with van der Waals surface area (Å²) in [7, 11) is 1.96. The number of carbonyl (C=O) groups is 1. The van der Waals surface area contributed by atoms with Crippen LogP contribution < -0.4 is 16.0 Å². The number of alkyl carbamates (subject to hydrolysis) is 1. The second-order valence-corrected chi connectivity index (χ2v) is 7.14. The van der Waals surface area contributed by atoms with Gasteiger partial charge in [0.15, 0.2) is 5.96 Å². The van der Waals surface area contributed by atoms with Gasteiger partial charge in [-0.1, -0.05) is 0 Å². The molecule has 1 heterocycles. The smallest absolute Gasteiger partial charge is 0.407 e. The molecule has 0 aliphatic heterocycles. The molecule has 0 spiro atoms. The van der Waals surface area contributed by atoms with Gasteiger partial charge in [-0.15, -0.1) is 0 Å². The summed E-state index contributed by atoms with van der Waals surface area (Å²) in [4.78, 5) is 16.2. The highest BCUT2D eigenvalue weighted by Gasteiger charge is 2.15. The zero-order valence-electron chi connectivity index (χ0n) is 17.2. The minimum absolute atomic E-state index is 0.413. The Morgan fingerprint density at radius 2 is 1.85 bits per heavy atom. The Kier molecular flexibility index (Phi) is 8.41. The average Bonchev–Trinajstić information content (AvgIpc) is 2.75. The number of amides is 1. The Hall–Kier alpha value is -2.25. The van der Waals surface area contributed by atoms with Crippen molar-refractivity contribution < 1.29 is 9.53 Å². The van der Waals surface area contributed by atoms with Gasteiger partial charge in [0.05, 0.1) is 5.69 Å². The van der Waals surface area contributed by atoms with Crippen LogP contribution >= 0.6 is 0 Å². The van der Waals surface area contributed by atoms with E-state index in [1.807, 2.05) is 46.3 Å². The molecule has 1 aromatic heterocycles. The van der Waals surface area contributed by atoms with Gasteiger partial charge in [0, 0.05) is 38.9 Å². The van der Waals surface area contributed by atoms with Crippen molar-refractivity contribution in [3.63, 3.8) is 0 Å². The van der Waals surface area contributed by atoms with Crippen molar-refractivity contribution in [2.45, 2.75) is 53.6 Å². The van der Waals surface area contributed by atoms with Crippen molar-refractivity contribution >= 4 is 12.1 Å². The van der Waals surface area contributed by atoms with Crippen LogP contribution in [0.25, 0.3) is 0 Å². The summed E-state index contributed by atoms with van der Waals surface area (Å²) in [6.07, 6.45) is 0.432. The predicted molar refractivity (Wildman–Crippen MR) is 105 cm³/mol. The summed E-state index contributed by atoms with van der Waals surface area (Å²) >= 11 is 0. The Bertz CT molecular complexity index is 616. The quantitative estimate of drug-likeness (QED) is 0.388.